The summed E-state index contributed by atoms with van der Waals surface area (Å²) in [6.45, 7) is 0. The maximum Gasteiger partial charge on any atom is 0.261 e. The van der Waals surface area contributed by atoms with E-state index in [2.05, 4.69) is 10.3 Å². The molecule has 21 heavy (non-hydrogen) atoms. The van der Waals surface area contributed by atoms with Gasteiger partial charge in [0.05, 0.1) is 20.8 Å². The predicted molar refractivity (Wildman–Crippen MR) is 88.4 cm³/mol. The topological polar surface area (TPSA) is 68.0 Å². The number of hydrogen-bond acceptors (Lipinski definition) is 4. The van der Waals surface area contributed by atoms with E-state index in [9.17, 15) is 4.79 Å². The van der Waals surface area contributed by atoms with Crippen molar-refractivity contribution >= 4 is 61.5 Å². The van der Waals surface area contributed by atoms with Crippen molar-refractivity contribution in [1.82, 2.24) is 4.98 Å². The Hall–Kier alpha value is -1.82. The Morgan fingerprint density at radius 3 is 2.81 bits per heavy atom. The van der Waals surface area contributed by atoms with Gasteiger partial charge in [0.2, 0.25) is 0 Å². The van der Waals surface area contributed by atoms with Gasteiger partial charge in [0.1, 0.15) is 0 Å². The Bertz CT molecular complexity index is 827. The molecule has 2 aromatic carbocycles. The van der Waals surface area contributed by atoms with Gasteiger partial charge in [-0.1, -0.05) is 40.6 Å². The number of nitrogen functional groups attached to an aromatic ring is 1. The second-order valence-corrected chi connectivity index (χ2v) is 6.16. The number of benzene rings is 2. The van der Waals surface area contributed by atoms with E-state index >= 15 is 0 Å². The van der Waals surface area contributed by atoms with Crippen molar-refractivity contribution in [3.63, 3.8) is 0 Å². The fourth-order valence-electron chi connectivity index (χ4n) is 1.89. The molecule has 0 saturated carbocycles. The molecule has 1 aromatic heterocycles. The summed E-state index contributed by atoms with van der Waals surface area (Å²) in [5.41, 5.74) is 7.13. The van der Waals surface area contributed by atoms with E-state index in [1.54, 1.807) is 36.4 Å². The van der Waals surface area contributed by atoms with E-state index in [4.69, 9.17) is 28.9 Å². The molecule has 0 aliphatic heterocycles. The van der Waals surface area contributed by atoms with Crippen molar-refractivity contribution in [2.75, 3.05) is 11.1 Å². The molecule has 0 saturated heterocycles. The van der Waals surface area contributed by atoms with Gasteiger partial charge in [-0.25, -0.2) is 4.98 Å². The fourth-order valence-corrected chi connectivity index (χ4v) is 3.30. The summed E-state index contributed by atoms with van der Waals surface area (Å²) >= 11 is 13.3. The standard InChI is InChI=1S/C14H9Cl2N3OS/c15-7-4-5-10-11(6-7)21-14(18-10)19-13(20)12-8(16)2-1-3-9(12)17/h1-6H,17H2,(H,18,19,20). The number of thiazole rings is 1. The molecule has 3 rings (SSSR count). The van der Waals surface area contributed by atoms with Gasteiger partial charge in [-0.3, -0.25) is 10.1 Å². The van der Waals surface area contributed by atoms with Crippen LogP contribution in [0, 0.1) is 0 Å². The Balaban J connectivity index is 1.93. The molecule has 0 fully saturated rings. The molecular formula is C14H9Cl2N3OS. The van der Waals surface area contributed by atoms with Crippen LogP contribution in [0.15, 0.2) is 36.4 Å². The molecule has 0 radical (unpaired) electrons. The van der Waals surface area contributed by atoms with Crippen LogP contribution in [0.25, 0.3) is 10.2 Å². The number of carbonyl (C=O) groups excluding carboxylic acids is 1. The molecule has 7 heteroatoms. The summed E-state index contributed by atoms with van der Waals surface area (Å²) < 4.78 is 0.893. The largest absolute Gasteiger partial charge is 0.398 e. The first-order valence-corrected chi connectivity index (χ1v) is 7.53. The minimum absolute atomic E-state index is 0.247. The number of amides is 1. The van der Waals surface area contributed by atoms with Crippen LogP contribution in [0.5, 0.6) is 0 Å². The second-order valence-electron chi connectivity index (χ2n) is 4.29. The number of nitrogens with two attached hydrogens (primary N) is 1. The van der Waals surface area contributed by atoms with Crippen LogP contribution >= 0.6 is 34.5 Å². The van der Waals surface area contributed by atoms with Crippen LogP contribution in [0.1, 0.15) is 10.4 Å². The molecule has 0 aliphatic carbocycles. The highest BCUT2D eigenvalue weighted by atomic mass is 35.5. The number of nitrogens with one attached hydrogen (secondary N) is 1. The summed E-state index contributed by atoms with van der Waals surface area (Å²) in [6, 6.07) is 10.3. The molecule has 0 aliphatic rings. The minimum Gasteiger partial charge on any atom is -0.398 e. The fraction of sp³-hybridized carbons (Fsp3) is 0. The SMILES string of the molecule is Nc1cccc(Cl)c1C(=O)Nc1nc2ccc(Cl)cc2s1. The van der Waals surface area contributed by atoms with E-state index in [0.29, 0.717) is 20.9 Å². The maximum atomic E-state index is 12.3. The van der Waals surface area contributed by atoms with Crippen LogP contribution in [-0.4, -0.2) is 10.9 Å². The zero-order valence-electron chi connectivity index (χ0n) is 10.6. The van der Waals surface area contributed by atoms with E-state index < -0.39 is 0 Å². The summed E-state index contributed by atoms with van der Waals surface area (Å²) in [5.74, 6) is -0.386. The maximum absolute atomic E-state index is 12.3. The third kappa shape index (κ3) is 2.81. The van der Waals surface area contributed by atoms with Crippen LogP contribution in [0.3, 0.4) is 0 Å². The number of rotatable bonds is 2. The van der Waals surface area contributed by atoms with Gasteiger partial charge in [0.25, 0.3) is 5.91 Å². The number of aromatic nitrogens is 1. The predicted octanol–water partition coefficient (Wildman–Crippen LogP) is 4.44. The lowest BCUT2D eigenvalue weighted by Crippen LogP contribution is -2.14. The molecule has 3 N–H and O–H groups in total. The average Bonchev–Trinajstić information content (AvgIpc) is 2.79. The first kappa shape index (κ1) is 14.1. The number of fused-ring (bicyclic) bond motifs is 1. The summed E-state index contributed by atoms with van der Waals surface area (Å²) in [5, 5.41) is 4.11. The smallest absolute Gasteiger partial charge is 0.261 e. The zero-order valence-corrected chi connectivity index (χ0v) is 12.9. The number of halogens is 2. The van der Waals surface area contributed by atoms with Crippen LogP contribution in [0.2, 0.25) is 10.0 Å². The Kier molecular flexibility index (Phi) is 3.71. The van der Waals surface area contributed by atoms with Gasteiger partial charge in [0, 0.05) is 10.7 Å². The van der Waals surface area contributed by atoms with Crippen molar-refractivity contribution in [3.05, 3.63) is 52.0 Å². The Labute approximate surface area is 134 Å². The monoisotopic (exact) mass is 337 g/mol. The van der Waals surface area contributed by atoms with E-state index in [0.717, 1.165) is 10.2 Å². The Morgan fingerprint density at radius 2 is 2.05 bits per heavy atom. The normalized spacial score (nSPS) is 10.8. The minimum atomic E-state index is -0.386. The third-order valence-electron chi connectivity index (χ3n) is 2.84. The van der Waals surface area contributed by atoms with Crippen molar-refractivity contribution < 1.29 is 4.79 Å². The molecule has 0 atom stereocenters. The molecule has 4 nitrogen and oxygen atoms in total. The van der Waals surface area contributed by atoms with Gasteiger partial charge in [-0.15, -0.1) is 0 Å². The van der Waals surface area contributed by atoms with Gasteiger partial charge in [0.15, 0.2) is 5.13 Å². The molecule has 1 amide bonds. The lowest BCUT2D eigenvalue weighted by molar-refractivity contribution is 0.102. The van der Waals surface area contributed by atoms with Gasteiger partial charge < -0.3 is 5.73 Å². The second kappa shape index (κ2) is 5.52. The number of anilines is 2. The first-order valence-electron chi connectivity index (χ1n) is 5.96. The molecule has 0 spiro atoms. The van der Waals surface area contributed by atoms with E-state index in [1.165, 1.54) is 11.3 Å². The molecule has 3 aromatic rings. The highest BCUT2D eigenvalue weighted by Gasteiger charge is 2.15. The van der Waals surface area contributed by atoms with Gasteiger partial charge in [-0.2, -0.15) is 0 Å². The van der Waals surface area contributed by atoms with Gasteiger partial charge >= 0.3 is 0 Å². The van der Waals surface area contributed by atoms with Crippen molar-refractivity contribution in [2.45, 2.75) is 0 Å². The van der Waals surface area contributed by atoms with Crippen LogP contribution in [-0.2, 0) is 0 Å². The van der Waals surface area contributed by atoms with Crippen LogP contribution in [0.4, 0.5) is 10.8 Å². The molecule has 0 unspecified atom stereocenters. The summed E-state index contributed by atoms with van der Waals surface area (Å²) in [7, 11) is 0. The third-order valence-corrected chi connectivity index (χ3v) is 4.33. The van der Waals surface area contributed by atoms with E-state index in [-0.39, 0.29) is 11.5 Å². The van der Waals surface area contributed by atoms with E-state index in [1.807, 2.05) is 0 Å². The zero-order chi connectivity index (χ0) is 15.0. The highest BCUT2D eigenvalue weighted by molar-refractivity contribution is 7.22. The number of hydrogen-bond donors (Lipinski definition) is 2. The quantitative estimate of drug-likeness (QED) is 0.679. The van der Waals surface area contributed by atoms with Crippen LogP contribution < -0.4 is 11.1 Å². The Morgan fingerprint density at radius 1 is 1.24 bits per heavy atom. The molecule has 106 valence electrons. The highest BCUT2D eigenvalue weighted by Crippen LogP contribution is 2.29. The van der Waals surface area contributed by atoms with Gasteiger partial charge in [-0.05, 0) is 30.3 Å². The average molecular weight is 338 g/mol. The van der Waals surface area contributed by atoms with Crippen molar-refractivity contribution in [3.8, 4) is 0 Å². The summed E-state index contributed by atoms with van der Waals surface area (Å²) in [6.07, 6.45) is 0. The summed E-state index contributed by atoms with van der Waals surface area (Å²) in [4.78, 5) is 16.6. The van der Waals surface area contributed by atoms with Crippen molar-refractivity contribution in [1.29, 1.82) is 0 Å². The lowest BCUT2D eigenvalue weighted by Gasteiger charge is -2.06. The number of carbonyl (C=O) groups is 1. The number of nitrogens with zero attached hydrogens (tertiary/aromatic N) is 1. The van der Waals surface area contributed by atoms with Crippen molar-refractivity contribution in [2.24, 2.45) is 0 Å². The molecule has 1 heterocycles. The molecule has 0 bridgehead atoms. The lowest BCUT2D eigenvalue weighted by atomic mass is 10.1. The first-order chi connectivity index (χ1) is 10.0. The molecular weight excluding hydrogens is 329 g/mol.